The number of piperidine rings is 1. The van der Waals surface area contributed by atoms with Gasteiger partial charge in [0.25, 0.3) is 5.91 Å². The maximum absolute atomic E-state index is 13.0. The first-order valence-corrected chi connectivity index (χ1v) is 8.99. The molecule has 0 bridgehead atoms. The SMILES string of the molecule is Cc1nc(Cc2ccc(F)cc2)sc1C(=O)N1CCCC(CO)C1. The number of halogens is 1. The predicted octanol–water partition coefficient (Wildman–Crippen LogP) is 3.03. The van der Waals surface area contributed by atoms with Gasteiger partial charge >= 0.3 is 0 Å². The van der Waals surface area contributed by atoms with E-state index in [9.17, 15) is 14.3 Å². The molecule has 1 unspecified atom stereocenters. The van der Waals surface area contributed by atoms with Crippen LogP contribution in [0.4, 0.5) is 4.39 Å². The number of benzene rings is 1. The van der Waals surface area contributed by atoms with Crippen LogP contribution in [0.25, 0.3) is 0 Å². The molecule has 1 atom stereocenters. The van der Waals surface area contributed by atoms with Gasteiger partial charge in [-0.2, -0.15) is 0 Å². The molecule has 1 aliphatic rings. The lowest BCUT2D eigenvalue weighted by atomic mass is 9.99. The van der Waals surface area contributed by atoms with Crippen molar-refractivity contribution < 1.29 is 14.3 Å². The number of thiazole rings is 1. The number of aliphatic hydroxyl groups excluding tert-OH is 1. The second kappa shape index (κ2) is 7.40. The summed E-state index contributed by atoms with van der Waals surface area (Å²) in [6.07, 6.45) is 2.49. The number of amides is 1. The lowest BCUT2D eigenvalue weighted by molar-refractivity contribution is 0.0624. The Hall–Kier alpha value is -1.79. The third-order valence-corrected chi connectivity index (χ3v) is 5.51. The average molecular weight is 348 g/mol. The molecule has 1 aromatic heterocycles. The van der Waals surface area contributed by atoms with E-state index in [0.717, 1.165) is 35.7 Å². The standard InChI is InChI=1S/C18H21FN2O2S/c1-12-17(18(23)21-8-2-3-14(10-21)11-22)24-16(20-12)9-13-4-6-15(19)7-5-13/h4-7,14,22H,2-3,8-11H2,1H3. The number of rotatable bonds is 4. The fraction of sp³-hybridized carbons (Fsp3) is 0.444. The van der Waals surface area contributed by atoms with E-state index < -0.39 is 0 Å². The van der Waals surface area contributed by atoms with Crippen molar-refractivity contribution >= 4 is 17.2 Å². The third kappa shape index (κ3) is 3.82. The van der Waals surface area contributed by atoms with Crippen molar-refractivity contribution in [1.29, 1.82) is 0 Å². The molecule has 1 saturated heterocycles. The number of carbonyl (C=O) groups is 1. The van der Waals surface area contributed by atoms with Crippen LogP contribution in [0.2, 0.25) is 0 Å². The molecule has 0 saturated carbocycles. The van der Waals surface area contributed by atoms with Gasteiger partial charge in [-0.05, 0) is 43.4 Å². The summed E-state index contributed by atoms with van der Waals surface area (Å²) in [7, 11) is 0. The molecule has 2 aromatic rings. The highest BCUT2D eigenvalue weighted by molar-refractivity contribution is 7.13. The first kappa shape index (κ1) is 17.0. The van der Waals surface area contributed by atoms with Crippen molar-refractivity contribution in [2.45, 2.75) is 26.2 Å². The van der Waals surface area contributed by atoms with E-state index >= 15 is 0 Å². The first-order chi connectivity index (χ1) is 11.6. The Morgan fingerprint density at radius 2 is 2.17 bits per heavy atom. The molecule has 1 aliphatic heterocycles. The van der Waals surface area contributed by atoms with Gasteiger partial charge in [0.2, 0.25) is 0 Å². The minimum absolute atomic E-state index is 0.00788. The van der Waals surface area contributed by atoms with Crippen LogP contribution in [-0.4, -0.2) is 40.6 Å². The van der Waals surface area contributed by atoms with Crippen molar-refractivity contribution in [3.63, 3.8) is 0 Å². The summed E-state index contributed by atoms with van der Waals surface area (Å²) < 4.78 is 13.0. The van der Waals surface area contributed by atoms with Crippen LogP contribution in [0, 0.1) is 18.7 Å². The summed E-state index contributed by atoms with van der Waals surface area (Å²) in [6, 6.07) is 6.35. The summed E-state index contributed by atoms with van der Waals surface area (Å²) >= 11 is 1.41. The zero-order valence-electron chi connectivity index (χ0n) is 13.7. The molecule has 1 amide bonds. The van der Waals surface area contributed by atoms with Gasteiger partial charge in [-0.15, -0.1) is 11.3 Å². The van der Waals surface area contributed by atoms with E-state index in [1.54, 1.807) is 12.1 Å². The molecule has 6 heteroatoms. The van der Waals surface area contributed by atoms with Crippen molar-refractivity contribution in [3.8, 4) is 0 Å². The quantitative estimate of drug-likeness (QED) is 0.924. The lowest BCUT2D eigenvalue weighted by Gasteiger charge is -2.31. The van der Waals surface area contributed by atoms with Crippen LogP contribution >= 0.6 is 11.3 Å². The van der Waals surface area contributed by atoms with Gasteiger partial charge in [0.05, 0.1) is 10.7 Å². The van der Waals surface area contributed by atoms with E-state index in [2.05, 4.69) is 4.98 Å². The van der Waals surface area contributed by atoms with Crippen LogP contribution in [0.3, 0.4) is 0 Å². The molecule has 128 valence electrons. The fourth-order valence-electron chi connectivity index (χ4n) is 3.05. The molecular formula is C18H21FN2O2S. The molecule has 1 fully saturated rings. The molecular weight excluding hydrogens is 327 g/mol. The Kier molecular flexibility index (Phi) is 5.26. The summed E-state index contributed by atoms with van der Waals surface area (Å²) in [4.78, 5) is 19.8. The monoisotopic (exact) mass is 348 g/mol. The number of carbonyl (C=O) groups excluding carboxylic acids is 1. The molecule has 1 aromatic carbocycles. The zero-order chi connectivity index (χ0) is 17.1. The highest BCUT2D eigenvalue weighted by Gasteiger charge is 2.26. The van der Waals surface area contributed by atoms with Crippen LogP contribution < -0.4 is 0 Å². The minimum Gasteiger partial charge on any atom is -0.396 e. The Balaban J connectivity index is 1.73. The number of hydrogen-bond donors (Lipinski definition) is 1. The topological polar surface area (TPSA) is 53.4 Å². The van der Waals surface area contributed by atoms with Crippen molar-refractivity contribution in [1.82, 2.24) is 9.88 Å². The second-order valence-electron chi connectivity index (χ2n) is 6.27. The van der Waals surface area contributed by atoms with Crippen LogP contribution in [0.15, 0.2) is 24.3 Å². The van der Waals surface area contributed by atoms with Crippen LogP contribution in [-0.2, 0) is 6.42 Å². The molecule has 1 N–H and O–H groups in total. The molecule has 3 rings (SSSR count). The van der Waals surface area contributed by atoms with Crippen LogP contribution in [0.5, 0.6) is 0 Å². The maximum atomic E-state index is 13.0. The normalized spacial score (nSPS) is 18.0. The minimum atomic E-state index is -0.256. The van der Waals surface area contributed by atoms with E-state index in [-0.39, 0.29) is 24.2 Å². The third-order valence-electron chi connectivity index (χ3n) is 4.37. The van der Waals surface area contributed by atoms with Gasteiger partial charge in [-0.3, -0.25) is 4.79 Å². The molecule has 24 heavy (non-hydrogen) atoms. The Bertz CT molecular complexity index is 714. The molecule has 2 heterocycles. The summed E-state index contributed by atoms with van der Waals surface area (Å²) in [5.74, 6) is -0.0726. The van der Waals surface area contributed by atoms with Crippen LogP contribution in [0.1, 0.15) is 38.8 Å². The molecule has 0 spiro atoms. The predicted molar refractivity (Wildman–Crippen MR) is 91.8 cm³/mol. The van der Waals surface area contributed by atoms with Gasteiger partial charge in [-0.25, -0.2) is 9.37 Å². The molecule has 0 aliphatic carbocycles. The van der Waals surface area contributed by atoms with E-state index in [4.69, 9.17) is 0 Å². The Morgan fingerprint density at radius 3 is 2.88 bits per heavy atom. The summed E-state index contributed by atoms with van der Waals surface area (Å²) in [6.45, 7) is 3.33. The number of likely N-dealkylation sites (tertiary alicyclic amines) is 1. The zero-order valence-corrected chi connectivity index (χ0v) is 14.5. The van der Waals surface area contributed by atoms with Crippen molar-refractivity contribution in [3.05, 3.63) is 51.2 Å². The largest absolute Gasteiger partial charge is 0.396 e. The summed E-state index contributed by atoms with van der Waals surface area (Å²) in [5, 5.41) is 10.2. The summed E-state index contributed by atoms with van der Waals surface area (Å²) in [5.41, 5.74) is 1.72. The van der Waals surface area contributed by atoms with E-state index in [1.165, 1.54) is 23.5 Å². The Labute approximate surface area is 145 Å². The van der Waals surface area contributed by atoms with Gasteiger partial charge in [0.1, 0.15) is 10.7 Å². The number of hydrogen-bond acceptors (Lipinski definition) is 4. The second-order valence-corrected chi connectivity index (χ2v) is 7.35. The Morgan fingerprint density at radius 1 is 1.42 bits per heavy atom. The maximum Gasteiger partial charge on any atom is 0.265 e. The van der Waals surface area contributed by atoms with Gasteiger partial charge in [0.15, 0.2) is 0 Å². The van der Waals surface area contributed by atoms with Crippen molar-refractivity contribution in [2.75, 3.05) is 19.7 Å². The number of aliphatic hydroxyl groups is 1. The number of nitrogens with zero attached hydrogens (tertiary/aromatic N) is 2. The highest BCUT2D eigenvalue weighted by Crippen LogP contribution is 2.25. The smallest absolute Gasteiger partial charge is 0.265 e. The highest BCUT2D eigenvalue weighted by atomic mass is 32.1. The van der Waals surface area contributed by atoms with Gasteiger partial charge < -0.3 is 10.0 Å². The molecule has 0 radical (unpaired) electrons. The fourth-order valence-corrected chi connectivity index (χ4v) is 4.11. The first-order valence-electron chi connectivity index (χ1n) is 8.17. The van der Waals surface area contributed by atoms with Crippen molar-refractivity contribution in [2.24, 2.45) is 5.92 Å². The number of aryl methyl sites for hydroxylation is 1. The molecule has 4 nitrogen and oxygen atoms in total. The van der Waals surface area contributed by atoms with Gasteiger partial charge in [-0.1, -0.05) is 12.1 Å². The van der Waals surface area contributed by atoms with E-state index in [0.29, 0.717) is 17.8 Å². The average Bonchev–Trinajstić information content (AvgIpc) is 2.96. The van der Waals surface area contributed by atoms with Gasteiger partial charge in [0, 0.05) is 26.1 Å². The number of aromatic nitrogens is 1. The lowest BCUT2D eigenvalue weighted by Crippen LogP contribution is -2.40. The van der Waals surface area contributed by atoms with E-state index in [1.807, 2.05) is 11.8 Å².